The Morgan fingerprint density at radius 3 is 2.95 bits per heavy atom. The number of carboxylic acids is 1. The number of amides is 1. The van der Waals surface area contributed by atoms with E-state index in [0.29, 0.717) is 18.7 Å². The molecule has 0 radical (unpaired) electrons. The number of carboxylic acid groups (broad SMARTS) is 1. The maximum absolute atomic E-state index is 12.2. The quantitative estimate of drug-likeness (QED) is 0.889. The van der Waals surface area contributed by atoms with Crippen LogP contribution in [0.2, 0.25) is 0 Å². The number of nitrogens with zero attached hydrogens (tertiary/aromatic N) is 1. The molecular weight excluding hydrogens is 246 g/mol. The molecule has 1 aliphatic rings. The van der Waals surface area contributed by atoms with Crippen LogP contribution in [-0.4, -0.2) is 41.6 Å². The Morgan fingerprint density at radius 2 is 2.26 bits per heavy atom. The number of rotatable bonds is 4. The Labute approximate surface area is 111 Å². The van der Waals surface area contributed by atoms with E-state index in [-0.39, 0.29) is 12.3 Å². The van der Waals surface area contributed by atoms with Crippen LogP contribution in [0.1, 0.15) is 18.4 Å². The van der Waals surface area contributed by atoms with Crippen LogP contribution in [-0.2, 0) is 16.0 Å². The Bertz CT molecular complexity index is 486. The molecule has 1 aromatic carbocycles. The third kappa shape index (κ3) is 3.05. The summed E-state index contributed by atoms with van der Waals surface area (Å²) in [5, 5.41) is 9.07. The van der Waals surface area contributed by atoms with Crippen molar-refractivity contribution in [2.45, 2.75) is 25.3 Å². The summed E-state index contributed by atoms with van der Waals surface area (Å²) in [5.41, 5.74) is 0.834. The zero-order chi connectivity index (χ0) is 13.8. The van der Waals surface area contributed by atoms with Crippen LogP contribution in [0.5, 0.6) is 5.75 Å². The van der Waals surface area contributed by atoms with Gasteiger partial charge < -0.3 is 14.7 Å². The zero-order valence-electron chi connectivity index (χ0n) is 10.8. The molecule has 1 heterocycles. The molecule has 5 nitrogen and oxygen atoms in total. The van der Waals surface area contributed by atoms with E-state index in [2.05, 4.69) is 0 Å². The number of carbonyl (C=O) groups is 2. The topological polar surface area (TPSA) is 66.8 Å². The van der Waals surface area contributed by atoms with E-state index in [1.807, 2.05) is 18.2 Å². The molecule has 1 aliphatic heterocycles. The van der Waals surface area contributed by atoms with Crippen molar-refractivity contribution in [2.75, 3.05) is 13.7 Å². The second kappa shape index (κ2) is 5.73. The van der Waals surface area contributed by atoms with Crippen LogP contribution < -0.4 is 4.74 Å². The van der Waals surface area contributed by atoms with Gasteiger partial charge in [-0.15, -0.1) is 0 Å². The molecule has 1 N–H and O–H groups in total. The molecule has 1 fully saturated rings. The molecule has 1 aromatic rings. The fraction of sp³-hybridized carbons (Fsp3) is 0.429. The SMILES string of the molecule is COc1cccc(CC(=O)N2CCC[C@H]2C(=O)O)c1. The van der Waals surface area contributed by atoms with Crippen LogP contribution in [0, 0.1) is 0 Å². The highest BCUT2D eigenvalue weighted by Gasteiger charge is 2.33. The largest absolute Gasteiger partial charge is 0.497 e. The van der Waals surface area contributed by atoms with Gasteiger partial charge in [-0.1, -0.05) is 12.1 Å². The molecule has 1 saturated heterocycles. The first-order valence-electron chi connectivity index (χ1n) is 6.27. The fourth-order valence-corrected chi connectivity index (χ4v) is 2.38. The maximum Gasteiger partial charge on any atom is 0.326 e. The number of carbonyl (C=O) groups excluding carboxylic acids is 1. The molecule has 2 rings (SSSR count). The first-order valence-corrected chi connectivity index (χ1v) is 6.27. The normalized spacial score (nSPS) is 18.4. The summed E-state index contributed by atoms with van der Waals surface area (Å²) in [7, 11) is 1.57. The van der Waals surface area contributed by atoms with E-state index >= 15 is 0 Å². The number of benzene rings is 1. The van der Waals surface area contributed by atoms with Gasteiger partial charge in [0.1, 0.15) is 11.8 Å². The van der Waals surface area contributed by atoms with E-state index in [1.54, 1.807) is 13.2 Å². The predicted molar refractivity (Wildman–Crippen MR) is 69.1 cm³/mol. The minimum Gasteiger partial charge on any atom is -0.497 e. The van der Waals surface area contributed by atoms with Crippen LogP contribution in [0.3, 0.4) is 0 Å². The Morgan fingerprint density at radius 1 is 1.47 bits per heavy atom. The number of hydrogen-bond acceptors (Lipinski definition) is 3. The molecule has 0 saturated carbocycles. The summed E-state index contributed by atoms with van der Waals surface area (Å²) >= 11 is 0. The first-order chi connectivity index (χ1) is 9.11. The number of methoxy groups -OCH3 is 1. The molecule has 0 unspecified atom stereocenters. The lowest BCUT2D eigenvalue weighted by Crippen LogP contribution is -2.41. The lowest BCUT2D eigenvalue weighted by molar-refractivity contribution is -0.148. The molecule has 102 valence electrons. The van der Waals surface area contributed by atoms with Gasteiger partial charge in [0.2, 0.25) is 5.91 Å². The average molecular weight is 263 g/mol. The molecule has 0 spiro atoms. The van der Waals surface area contributed by atoms with Gasteiger partial charge in [-0.2, -0.15) is 0 Å². The molecular formula is C14H17NO4. The van der Waals surface area contributed by atoms with E-state index < -0.39 is 12.0 Å². The number of hydrogen-bond donors (Lipinski definition) is 1. The Hall–Kier alpha value is -2.04. The smallest absolute Gasteiger partial charge is 0.326 e. The number of likely N-dealkylation sites (tertiary alicyclic amines) is 1. The third-order valence-electron chi connectivity index (χ3n) is 3.35. The summed E-state index contributed by atoms with van der Waals surface area (Å²) < 4.78 is 5.10. The van der Waals surface area contributed by atoms with Crippen LogP contribution in [0.4, 0.5) is 0 Å². The number of aliphatic carboxylic acids is 1. The van der Waals surface area contributed by atoms with Gasteiger partial charge in [-0.25, -0.2) is 4.79 Å². The van der Waals surface area contributed by atoms with Crippen molar-refractivity contribution in [1.82, 2.24) is 4.90 Å². The summed E-state index contributed by atoms with van der Waals surface area (Å²) in [5.74, 6) is -0.365. The second-order valence-electron chi connectivity index (χ2n) is 4.61. The predicted octanol–water partition coefficient (Wildman–Crippen LogP) is 1.31. The monoisotopic (exact) mass is 263 g/mol. The molecule has 19 heavy (non-hydrogen) atoms. The van der Waals surface area contributed by atoms with Crippen molar-refractivity contribution in [3.05, 3.63) is 29.8 Å². The summed E-state index contributed by atoms with van der Waals surface area (Å²) in [6.07, 6.45) is 1.50. The van der Waals surface area contributed by atoms with Crippen LogP contribution in [0.25, 0.3) is 0 Å². The second-order valence-corrected chi connectivity index (χ2v) is 4.61. The van der Waals surface area contributed by atoms with Crippen molar-refractivity contribution in [2.24, 2.45) is 0 Å². The standard InChI is InChI=1S/C14H17NO4/c1-19-11-5-2-4-10(8-11)9-13(16)15-7-3-6-12(15)14(17)18/h2,4-5,8,12H,3,6-7,9H2,1H3,(H,17,18)/t12-/m0/s1. The van der Waals surface area contributed by atoms with E-state index in [4.69, 9.17) is 9.84 Å². The van der Waals surface area contributed by atoms with E-state index in [9.17, 15) is 9.59 Å². The Kier molecular flexibility index (Phi) is 4.04. The minimum absolute atomic E-state index is 0.141. The highest BCUT2D eigenvalue weighted by Crippen LogP contribution is 2.20. The summed E-state index contributed by atoms with van der Waals surface area (Å²) in [6, 6.07) is 6.60. The zero-order valence-corrected chi connectivity index (χ0v) is 10.8. The summed E-state index contributed by atoms with van der Waals surface area (Å²) in [4.78, 5) is 24.7. The fourth-order valence-electron chi connectivity index (χ4n) is 2.38. The third-order valence-corrected chi connectivity index (χ3v) is 3.35. The van der Waals surface area contributed by atoms with Gasteiger partial charge in [0.25, 0.3) is 0 Å². The highest BCUT2D eigenvalue weighted by atomic mass is 16.5. The van der Waals surface area contributed by atoms with Crippen LogP contribution in [0.15, 0.2) is 24.3 Å². The van der Waals surface area contributed by atoms with Crippen molar-refractivity contribution in [1.29, 1.82) is 0 Å². The molecule has 1 amide bonds. The molecule has 1 atom stereocenters. The van der Waals surface area contributed by atoms with Crippen molar-refractivity contribution in [3.8, 4) is 5.75 Å². The molecule has 0 bridgehead atoms. The lowest BCUT2D eigenvalue weighted by Gasteiger charge is -2.21. The molecule has 0 aliphatic carbocycles. The highest BCUT2D eigenvalue weighted by molar-refractivity contribution is 5.85. The average Bonchev–Trinajstić information content (AvgIpc) is 2.88. The number of ether oxygens (including phenoxy) is 1. The minimum atomic E-state index is -0.920. The van der Waals surface area contributed by atoms with E-state index in [0.717, 1.165) is 12.0 Å². The van der Waals surface area contributed by atoms with Gasteiger partial charge in [0.15, 0.2) is 0 Å². The van der Waals surface area contributed by atoms with Gasteiger partial charge >= 0.3 is 5.97 Å². The van der Waals surface area contributed by atoms with E-state index in [1.165, 1.54) is 4.90 Å². The van der Waals surface area contributed by atoms with Gasteiger partial charge in [-0.3, -0.25) is 4.79 Å². The van der Waals surface area contributed by atoms with Crippen LogP contribution >= 0.6 is 0 Å². The maximum atomic E-state index is 12.2. The van der Waals surface area contributed by atoms with Gasteiger partial charge in [0.05, 0.1) is 13.5 Å². The lowest BCUT2D eigenvalue weighted by atomic mass is 10.1. The first kappa shape index (κ1) is 13.4. The summed E-state index contributed by atoms with van der Waals surface area (Å²) in [6.45, 7) is 0.528. The van der Waals surface area contributed by atoms with Crippen molar-refractivity contribution in [3.63, 3.8) is 0 Å². The van der Waals surface area contributed by atoms with Crippen molar-refractivity contribution >= 4 is 11.9 Å². The van der Waals surface area contributed by atoms with Crippen molar-refractivity contribution < 1.29 is 19.4 Å². The Balaban J connectivity index is 2.06. The molecule has 5 heteroatoms. The molecule has 0 aromatic heterocycles. The van der Waals surface area contributed by atoms with Gasteiger partial charge in [0, 0.05) is 6.54 Å². The van der Waals surface area contributed by atoms with Gasteiger partial charge in [-0.05, 0) is 30.5 Å².